The normalized spacial score (nSPS) is 13.6. The molecule has 0 fully saturated rings. The molecule has 13 heteroatoms. The minimum Gasteiger partial charge on any atom is -0.491 e. The molecule has 0 heterocycles. The number of methoxy groups -OCH3 is 1. The molecule has 12 nitrogen and oxygen atoms in total. The Morgan fingerprint density at radius 1 is 0.855 bits per heavy atom. The summed E-state index contributed by atoms with van der Waals surface area (Å²) in [5.74, 6) is -1.37. The Hall–Kier alpha value is -4.98. The van der Waals surface area contributed by atoms with Crippen molar-refractivity contribution >= 4 is 33.4 Å². The summed E-state index contributed by atoms with van der Waals surface area (Å²) in [7, 11) is -0.967. The molecule has 0 saturated heterocycles. The minimum absolute atomic E-state index is 0.146. The first kappa shape index (κ1) is 44.4. The van der Waals surface area contributed by atoms with Crippen molar-refractivity contribution in [2.45, 2.75) is 83.0 Å². The number of nitrogens with one attached hydrogen (secondary N) is 3. The summed E-state index contributed by atoms with van der Waals surface area (Å²) in [5, 5.41) is 19.4. The Bertz CT molecular complexity index is 1870. The molecular weight excluding hydrogens is 721 g/mol. The number of nitrogens with zero attached hydrogens (tertiary/aromatic N) is 1. The lowest BCUT2D eigenvalue weighted by Gasteiger charge is -2.29. The first-order valence-electron chi connectivity index (χ1n) is 18.3. The van der Waals surface area contributed by atoms with Crippen LogP contribution in [0.3, 0.4) is 0 Å². The van der Waals surface area contributed by atoms with Gasteiger partial charge in [0, 0.05) is 32.7 Å². The van der Waals surface area contributed by atoms with Crippen LogP contribution in [-0.2, 0) is 43.7 Å². The number of amides is 3. The molecule has 3 aromatic carbocycles. The molecule has 298 valence electrons. The van der Waals surface area contributed by atoms with E-state index in [1.807, 2.05) is 62.4 Å². The summed E-state index contributed by atoms with van der Waals surface area (Å²) < 4.78 is 38.8. The Morgan fingerprint density at radius 2 is 1.51 bits per heavy atom. The van der Waals surface area contributed by atoms with E-state index in [9.17, 15) is 27.9 Å². The second-order valence-electron chi connectivity index (χ2n) is 13.9. The van der Waals surface area contributed by atoms with Crippen molar-refractivity contribution in [1.29, 1.82) is 0 Å². The Kier molecular flexibility index (Phi) is 17.1. The van der Waals surface area contributed by atoms with E-state index in [4.69, 9.17) is 9.47 Å². The van der Waals surface area contributed by atoms with Crippen LogP contribution in [0.5, 0.6) is 5.75 Å². The van der Waals surface area contributed by atoms with E-state index < -0.39 is 51.4 Å². The summed E-state index contributed by atoms with van der Waals surface area (Å²) in [6, 6.07) is 19.5. The number of ether oxygens (including phenoxy) is 2. The zero-order valence-corrected chi connectivity index (χ0v) is 33.5. The number of aliphatic hydroxyl groups is 1. The number of carbonyl (C=O) groups excluding carboxylic acids is 3. The molecule has 3 aromatic rings. The average molecular weight is 777 g/mol. The maximum atomic E-state index is 13.9. The summed E-state index contributed by atoms with van der Waals surface area (Å²) in [6.45, 7) is 14.4. The molecular formula is C42H56N4O8S. The first-order valence-corrected chi connectivity index (χ1v) is 19.8. The van der Waals surface area contributed by atoms with Crippen molar-refractivity contribution in [3.8, 4) is 5.75 Å². The smallest absolute Gasteiger partial charge is 0.251 e. The van der Waals surface area contributed by atoms with Gasteiger partial charge in [-0.15, -0.1) is 13.2 Å². The van der Waals surface area contributed by atoms with Gasteiger partial charge in [0.15, 0.2) is 0 Å². The van der Waals surface area contributed by atoms with Crippen LogP contribution >= 0.6 is 0 Å². The van der Waals surface area contributed by atoms with E-state index in [-0.39, 0.29) is 42.6 Å². The molecule has 0 saturated carbocycles. The molecule has 3 rings (SSSR count). The number of anilines is 1. The van der Waals surface area contributed by atoms with Gasteiger partial charge >= 0.3 is 0 Å². The van der Waals surface area contributed by atoms with E-state index in [1.54, 1.807) is 44.2 Å². The van der Waals surface area contributed by atoms with E-state index in [0.717, 1.165) is 15.4 Å². The number of sulfonamides is 1. The van der Waals surface area contributed by atoms with Crippen LogP contribution in [0.25, 0.3) is 0 Å². The van der Waals surface area contributed by atoms with Crippen molar-refractivity contribution in [2.75, 3.05) is 25.1 Å². The molecule has 0 bridgehead atoms. The Labute approximate surface area is 326 Å². The van der Waals surface area contributed by atoms with Crippen LogP contribution in [0.2, 0.25) is 0 Å². The van der Waals surface area contributed by atoms with Gasteiger partial charge in [-0.3, -0.25) is 18.7 Å². The van der Waals surface area contributed by atoms with Gasteiger partial charge in [0.05, 0.1) is 23.1 Å². The summed E-state index contributed by atoms with van der Waals surface area (Å²) in [6.07, 6.45) is 1.54. The standard InChI is InChI=1S/C42H56N4O8S/c1-9-15-30-19-14-20-35(23-30)54-27-36(44-40(48)33-21-32(16-10-2)22-34(24-33)46(7)55(51,52)29(5)6)37(47)25-38(53-8)41(49)45-39(28(3)4)42(50)43-26-31-17-12-11-13-18-31/h9-14,17-24,28-29,36-39,47H,1-2,15-16,25-27H2,3-8H3,(H,43,50)(H,44,48)(H,45,49)/t36-,37-,38+,39-/m0/s1. The number of rotatable bonds is 22. The highest BCUT2D eigenvalue weighted by molar-refractivity contribution is 7.93. The predicted molar refractivity (Wildman–Crippen MR) is 216 cm³/mol. The molecule has 0 spiro atoms. The van der Waals surface area contributed by atoms with E-state index in [1.165, 1.54) is 20.2 Å². The average Bonchev–Trinajstić information content (AvgIpc) is 3.16. The second-order valence-corrected chi connectivity index (χ2v) is 16.5. The lowest BCUT2D eigenvalue weighted by atomic mass is 10.00. The monoisotopic (exact) mass is 776 g/mol. The number of carbonyl (C=O) groups is 3. The van der Waals surface area contributed by atoms with Crippen molar-refractivity contribution in [1.82, 2.24) is 16.0 Å². The van der Waals surface area contributed by atoms with Crippen LogP contribution in [0.15, 0.2) is 98.1 Å². The highest BCUT2D eigenvalue weighted by Gasteiger charge is 2.33. The topological polar surface area (TPSA) is 163 Å². The number of benzene rings is 3. The Balaban J connectivity index is 1.87. The van der Waals surface area contributed by atoms with Crippen LogP contribution < -0.4 is 25.0 Å². The third-order valence-corrected chi connectivity index (χ3v) is 11.2. The minimum atomic E-state index is -3.72. The largest absolute Gasteiger partial charge is 0.491 e. The third-order valence-electron chi connectivity index (χ3n) is 9.04. The van der Waals surface area contributed by atoms with Crippen LogP contribution in [0, 0.1) is 5.92 Å². The maximum absolute atomic E-state index is 13.9. The lowest BCUT2D eigenvalue weighted by Crippen LogP contribution is -2.54. The van der Waals surface area contributed by atoms with Crippen LogP contribution in [0.1, 0.15) is 61.2 Å². The summed E-state index contributed by atoms with van der Waals surface area (Å²) >= 11 is 0. The number of hydrogen-bond donors (Lipinski definition) is 4. The van der Waals surface area contributed by atoms with Gasteiger partial charge in [-0.2, -0.15) is 0 Å². The SMILES string of the molecule is C=CCc1cccc(OC[C@H](NC(=O)c2cc(CC=C)cc(N(C)S(=O)(=O)C(C)C)c2)[C@@H](O)C[C@@H](OC)C(=O)N[C@H](C(=O)NCc2ccccc2)C(C)C)c1. The van der Waals surface area contributed by atoms with E-state index in [2.05, 4.69) is 29.1 Å². The van der Waals surface area contributed by atoms with Gasteiger partial charge in [-0.1, -0.05) is 68.5 Å². The summed E-state index contributed by atoms with van der Waals surface area (Å²) in [4.78, 5) is 40.7. The molecule has 0 unspecified atom stereocenters. The molecule has 4 atom stereocenters. The number of aliphatic hydroxyl groups excluding tert-OH is 1. The number of allylic oxidation sites excluding steroid dienone is 2. The maximum Gasteiger partial charge on any atom is 0.251 e. The zero-order valence-electron chi connectivity index (χ0n) is 32.7. The predicted octanol–water partition coefficient (Wildman–Crippen LogP) is 4.72. The van der Waals surface area contributed by atoms with Gasteiger partial charge in [0.2, 0.25) is 21.8 Å². The number of hydrogen-bond acceptors (Lipinski definition) is 8. The first-order chi connectivity index (χ1) is 26.1. The van der Waals surface area contributed by atoms with Crippen LogP contribution in [0.4, 0.5) is 5.69 Å². The van der Waals surface area contributed by atoms with Gasteiger partial charge < -0.3 is 30.5 Å². The molecule has 55 heavy (non-hydrogen) atoms. The quantitative estimate of drug-likeness (QED) is 0.107. The van der Waals surface area contributed by atoms with Gasteiger partial charge in [0.25, 0.3) is 5.91 Å². The van der Waals surface area contributed by atoms with Crippen molar-refractivity contribution < 1.29 is 37.4 Å². The molecule has 4 N–H and O–H groups in total. The highest BCUT2D eigenvalue weighted by atomic mass is 32.2. The van der Waals surface area contributed by atoms with E-state index in [0.29, 0.717) is 24.2 Å². The molecule has 0 radical (unpaired) electrons. The second kappa shape index (κ2) is 21.2. The molecule has 3 amide bonds. The lowest BCUT2D eigenvalue weighted by molar-refractivity contribution is -0.137. The van der Waals surface area contributed by atoms with Crippen molar-refractivity contribution in [3.63, 3.8) is 0 Å². The molecule has 0 aliphatic carbocycles. The third kappa shape index (κ3) is 13.1. The molecule has 0 aliphatic heterocycles. The van der Waals surface area contributed by atoms with Crippen molar-refractivity contribution in [2.24, 2.45) is 5.92 Å². The van der Waals surface area contributed by atoms with Gasteiger partial charge in [0.1, 0.15) is 24.5 Å². The fourth-order valence-corrected chi connectivity index (χ4v) is 6.75. The highest BCUT2D eigenvalue weighted by Crippen LogP contribution is 2.24. The molecule has 0 aromatic heterocycles. The fraction of sp³-hybridized carbons (Fsp3) is 0.405. The molecule has 0 aliphatic rings. The van der Waals surface area contributed by atoms with E-state index >= 15 is 0 Å². The Morgan fingerprint density at radius 3 is 2.13 bits per heavy atom. The fourth-order valence-electron chi connectivity index (χ4n) is 5.72. The zero-order chi connectivity index (χ0) is 40.7. The van der Waals surface area contributed by atoms with Crippen molar-refractivity contribution in [3.05, 3.63) is 120 Å². The van der Waals surface area contributed by atoms with Crippen LogP contribution in [-0.4, -0.2) is 81.6 Å². The summed E-state index contributed by atoms with van der Waals surface area (Å²) in [5.41, 5.74) is 2.94. The van der Waals surface area contributed by atoms with Gasteiger partial charge in [-0.05, 0) is 79.6 Å². The van der Waals surface area contributed by atoms with Gasteiger partial charge in [-0.25, -0.2) is 8.42 Å².